The number of phenols is 2. The van der Waals surface area contributed by atoms with Crippen LogP contribution in [0.15, 0.2) is 45.2 Å². The maximum absolute atomic E-state index is 13.6. The molecule has 31 heavy (non-hydrogen) atoms. The van der Waals surface area contributed by atoms with Gasteiger partial charge in [-0.2, -0.15) is 0 Å². The van der Waals surface area contributed by atoms with E-state index in [1.54, 1.807) is 0 Å². The molecule has 1 aromatic rings. The molecular weight excluding hydrogens is 460 g/mol. The van der Waals surface area contributed by atoms with Crippen molar-refractivity contribution < 1.29 is 24.5 Å². The first-order valence-corrected chi connectivity index (χ1v) is 11.4. The van der Waals surface area contributed by atoms with Gasteiger partial charge in [-0.3, -0.25) is 9.59 Å². The van der Waals surface area contributed by atoms with Gasteiger partial charge in [0.15, 0.2) is 11.5 Å². The molecule has 0 saturated heterocycles. The SMILES string of the molecule is CC(C)=CCC[C@]1(C)OC2=C(C(=O)c3c(Br)c(O)cc(O)c3C2=O)[C@H]2C=C(C)CC[C@H]21. The van der Waals surface area contributed by atoms with Crippen LogP contribution in [0.3, 0.4) is 0 Å². The van der Waals surface area contributed by atoms with E-state index in [4.69, 9.17) is 4.74 Å². The van der Waals surface area contributed by atoms with Crippen molar-refractivity contribution in [3.63, 3.8) is 0 Å². The highest BCUT2D eigenvalue weighted by Crippen LogP contribution is 2.53. The second kappa shape index (κ2) is 7.66. The average Bonchev–Trinajstić information content (AvgIpc) is 2.68. The van der Waals surface area contributed by atoms with E-state index in [-0.39, 0.29) is 44.7 Å². The number of carbonyl (C=O) groups excluding carboxylic acids is 2. The molecule has 3 atom stereocenters. The van der Waals surface area contributed by atoms with Gasteiger partial charge in [0.2, 0.25) is 5.78 Å². The first-order chi connectivity index (χ1) is 14.5. The molecule has 3 aliphatic rings. The van der Waals surface area contributed by atoms with Crippen LogP contribution in [0.5, 0.6) is 11.5 Å². The maximum atomic E-state index is 13.6. The molecule has 1 heterocycles. The number of ketones is 2. The van der Waals surface area contributed by atoms with Gasteiger partial charge in [0.05, 0.1) is 21.2 Å². The number of hydrogen-bond donors (Lipinski definition) is 2. The van der Waals surface area contributed by atoms with Crippen LogP contribution in [-0.4, -0.2) is 27.4 Å². The minimum atomic E-state index is -0.607. The Hall–Kier alpha value is -2.34. The summed E-state index contributed by atoms with van der Waals surface area (Å²) < 4.78 is 6.51. The number of allylic oxidation sites excluding steroid dienone is 6. The molecular formula is C25H27BrO5. The molecule has 0 amide bonds. The summed E-state index contributed by atoms with van der Waals surface area (Å²) >= 11 is 3.24. The first kappa shape index (κ1) is 21.9. The Kier molecular flexibility index (Phi) is 5.41. The van der Waals surface area contributed by atoms with Crippen LogP contribution < -0.4 is 0 Å². The highest BCUT2D eigenvalue weighted by atomic mass is 79.9. The number of fused-ring (bicyclic) bond motifs is 3. The summed E-state index contributed by atoms with van der Waals surface area (Å²) in [5.41, 5.74) is 2.03. The van der Waals surface area contributed by atoms with Gasteiger partial charge >= 0.3 is 0 Å². The highest BCUT2D eigenvalue weighted by Gasteiger charge is 2.53. The first-order valence-electron chi connectivity index (χ1n) is 10.6. The maximum Gasteiger partial charge on any atom is 0.232 e. The number of aromatic hydroxyl groups is 2. The van der Waals surface area contributed by atoms with E-state index < -0.39 is 17.1 Å². The number of Topliss-reactive ketones (excluding diaryl/α,β-unsaturated/α-hetero) is 2. The summed E-state index contributed by atoms with van der Waals surface area (Å²) in [6, 6.07) is 1.07. The Labute approximate surface area is 190 Å². The lowest BCUT2D eigenvalue weighted by Gasteiger charge is -2.49. The van der Waals surface area contributed by atoms with Crippen LogP contribution >= 0.6 is 15.9 Å². The number of ether oxygens (including phenoxy) is 1. The quantitative estimate of drug-likeness (QED) is 0.511. The smallest absolute Gasteiger partial charge is 0.232 e. The standard InChI is InChI=1S/C25H27BrO5/c1-12(2)6-5-9-25(4)15-8-7-13(3)10-14(15)18-22(29)20-19(23(30)24(18)31-25)16(27)11-17(28)21(20)26/h6,10-11,14-15,27-28H,5,7-9H2,1-4H3/t14-,15+,25-/m0/s1. The molecule has 4 rings (SSSR count). The van der Waals surface area contributed by atoms with Crippen molar-refractivity contribution >= 4 is 27.5 Å². The largest absolute Gasteiger partial charge is 0.507 e. The number of rotatable bonds is 3. The Bertz CT molecular complexity index is 1090. The topological polar surface area (TPSA) is 83.8 Å². The Balaban J connectivity index is 1.89. The van der Waals surface area contributed by atoms with E-state index in [0.29, 0.717) is 5.57 Å². The van der Waals surface area contributed by atoms with Crippen molar-refractivity contribution in [2.45, 2.75) is 59.0 Å². The van der Waals surface area contributed by atoms with Crippen LogP contribution in [0.25, 0.3) is 0 Å². The zero-order valence-electron chi connectivity index (χ0n) is 18.2. The number of hydrogen-bond acceptors (Lipinski definition) is 5. The molecule has 1 aromatic carbocycles. The summed E-state index contributed by atoms with van der Waals surface area (Å²) in [6.07, 6.45) is 7.59. The monoisotopic (exact) mass is 486 g/mol. The fraction of sp³-hybridized carbons (Fsp3) is 0.440. The average molecular weight is 487 g/mol. The van der Waals surface area contributed by atoms with Crippen molar-refractivity contribution in [1.29, 1.82) is 0 Å². The summed E-state index contributed by atoms with van der Waals surface area (Å²) in [5.74, 6) is -1.73. The number of benzene rings is 1. The number of halogens is 1. The van der Waals surface area contributed by atoms with Gasteiger partial charge in [0.25, 0.3) is 0 Å². The zero-order chi connectivity index (χ0) is 22.7. The Morgan fingerprint density at radius 1 is 1.23 bits per heavy atom. The second-order valence-corrected chi connectivity index (χ2v) is 10.1. The molecule has 5 nitrogen and oxygen atoms in total. The van der Waals surface area contributed by atoms with Crippen LogP contribution in [0.1, 0.15) is 74.1 Å². The molecule has 0 fully saturated rings. The third kappa shape index (κ3) is 3.45. The van der Waals surface area contributed by atoms with Gasteiger partial charge in [0.1, 0.15) is 17.1 Å². The molecule has 0 bridgehead atoms. The molecule has 1 aliphatic heterocycles. The van der Waals surface area contributed by atoms with Crippen molar-refractivity contribution in [1.82, 2.24) is 0 Å². The fourth-order valence-electron chi connectivity index (χ4n) is 5.18. The third-order valence-corrected chi connectivity index (χ3v) is 7.57. The molecule has 0 spiro atoms. The lowest BCUT2D eigenvalue weighted by atomic mass is 9.63. The van der Waals surface area contributed by atoms with Crippen LogP contribution in [0.4, 0.5) is 0 Å². The lowest BCUT2D eigenvalue weighted by Crippen LogP contribution is -2.50. The second-order valence-electron chi connectivity index (χ2n) is 9.30. The van der Waals surface area contributed by atoms with Crippen molar-refractivity contribution in [3.05, 3.63) is 56.3 Å². The van der Waals surface area contributed by atoms with Crippen LogP contribution in [0.2, 0.25) is 0 Å². The zero-order valence-corrected chi connectivity index (χ0v) is 19.8. The predicted molar refractivity (Wildman–Crippen MR) is 121 cm³/mol. The molecule has 164 valence electrons. The summed E-state index contributed by atoms with van der Waals surface area (Å²) in [5, 5.41) is 20.5. The molecule has 0 unspecified atom stereocenters. The number of carbonyl (C=O) groups is 2. The predicted octanol–water partition coefficient (Wildman–Crippen LogP) is 6.00. The molecule has 2 aliphatic carbocycles. The summed E-state index contributed by atoms with van der Waals surface area (Å²) in [7, 11) is 0. The van der Waals surface area contributed by atoms with Crippen molar-refractivity contribution in [2.75, 3.05) is 0 Å². The van der Waals surface area contributed by atoms with Crippen LogP contribution in [0, 0.1) is 11.8 Å². The van der Waals surface area contributed by atoms with Gasteiger partial charge in [-0.1, -0.05) is 23.3 Å². The van der Waals surface area contributed by atoms with E-state index in [1.165, 1.54) is 11.1 Å². The van der Waals surface area contributed by atoms with Crippen LogP contribution in [-0.2, 0) is 4.74 Å². The summed E-state index contributed by atoms with van der Waals surface area (Å²) in [4.78, 5) is 27.1. The minimum Gasteiger partial charge on any atom is -0.507 e. The molecule has 0 aromatic heterocycles. The van der Waals surface area contributed by atoms with Crippen molar-refractivity contribution in [3.8, 4) is 11.5 Å². The molecule has 2 N–H and O–H groups in total. The Morgan fingerprint density at radius 3 is 2.61 bits per heavy atom. The van der Waals surface area contributed by atoms with Gasteiger partial charge in [-0.25, -0.2) is 0 Å². The van der Waals surface area contributed by atoms with Gasteiger partial charge in [-0.15, -0.1) is 0 Å². The van der Waals surface area contributed by atoms with E-state index in [9.17, 15) is 19.8 Å². The lowest BCUT2D eigenvalue weighted by molar-refractivity contribution is -0.0682. The van der Waals surface area contributed by atoms with E-state index in [1.807, 2.05) is 13.8 Å². The highest BCUT2D eigenvalue weighted by molar-refractivity contribution is 9.10. The van der Waals surface area contributed by atoms with E-state index >= 15 is 0 Å². The Morgan fingerprint density at radius 2 is 1.94 bits per heavy atom. The van der Waals surface area contributed by atoms with Gasteiger partial charge in [0, 0.05) is 17.9 Å². The van der Waals surface area contributed by atoms with E-state index in [2.05, 4.69) is 41.9 Å². The molecule has 0 radical (unpaired) electrons. The van der Waals surface area contributed by atoms with Gasteiger partial charge < -0.3 is 14.9 Å². The van der Waals surface area contributed by atoms with Crippen molar-refractivity contribution in [2.24, 2.45) is 11.8 Å². The third-order valence-electron chi connectivity index (χ3n) is 6.77. The summed E-state index contributed by atoms with van der Waals surface area (Å²) in [6.45, 7) is 8.18. The number of phenolic OH excluding ortho intramolecular Hbond substituents is 2. The normalized spacial score (nSPS) is 27.1. The van der Waals surface area contributed by atoms with Gasteiger partial charge in [-0.05, 0) is 69.3 Å². The van der Waals surface area contributed by atoms with E-state index in [0.717, 1.165) is 31.7 Å². The minimum absolute atomic E-state index is 0.00775. The molecule has 0 saturated carbocycles. The fourth-order valence-corrected chi connectivity index (χ4v) is 5.68. The molecule has 6 heteroatoms.